The highest BCUT2D eigenvalue weighted by Gasteiger charge is 2.42. The van der Waals surface area contributed by atoms with Crippen molar-refractivity contribution in [1.29, 1.82) is 0 Å². The molecule has 0 aromatic heterocycles. The fraction of sp³-hybridized carbons (Fsp3) is 0.833. The van der Waals surface area contributed by atoms with Gasteiger partial charge in [0.2, 0.25) is 6.10 Å². The average molecular weight is 374 g/mol. The quantitative estimate of drug-likeness (QED) is 0.151. The Morgan fingerprint density at radius 2 is 1.12 bits per heavy atom. The number of aliphatic hydroxyl groups is 9. The lowest BCUT2D eigenvalue weighted by molar-refractivity contribution is -0.195. The van der Waals surface area contributed by atoms with E-state index in [1.807, 2.05) is 0 Å². The smallest absolute Gasteiger partial charge is 0.347 e. The van der Waals surface area contributed by atoms with Crippen molar-refractivity contribution in [3.8, 4) is 0 Å². The van der Waals surface area contributed by atoms with Gasteiger partial charge >= 0.3 is 11.9 Å². The van der Waals surface area contributed by atoms with Crippen LogP contribution in [0, 0.1) is 0 Å². The van der Waals surface area contributed by atoms with Crippen LogP contribution in [-0.2, 0) is 14.3 Å². The van der Waals surface area contributed by atoms with Gasteiger partial charge in [-0.1, -0.05) is 0 Å². The minimum absolute atomic E-state index is 1.03. The highest BCUT2D eigenvalue weighted by molar-refractivity contribution is 5.81. The predicted molar refractivity (Wildman–Crippen MR) is 73.7 cm³/mol. The number of hydrogen-bond donors (Lipinski definition) is 10. The standard InChI is InChI=1S/C12H22O13/c13-1-3(15)5(17)7(19)9(21)12(24)25-10(11(22)23)8(20)6(18)4(16)2-14/h3-10,13-21H,1-2H2,(H,22,23)/t3-,4-,5+,6-,7-,8-,9-,10+/m1/s1. The summed E-state index contributed by atoms with van der Waals surface area (Å²) in [4.78, 5) is 22.6. The zero-order valence-corrected chi connectivity index (χ0v) is 12.7. The van der Waals surface area contributed by atoms with Crippen molar-refractivity contribution < 1.29 is 65.4 Å². The minimum Gasteiger partial charge on any atom is -0.478 e. The Balaban J connectivity index is 5.08. The Kier molecular flexibility index (Phi) is 9.95. The van der Waals surface area contributed by atoms with Gasteiger partial charge in [-0.2, -0.15) is 0 Å². The molecule has 0 aromatic rings. The van der Waals surface area contributed by atoms with E-state index in [9.17, 15) is 35.1 Å². The third kappa shape index (κ3) is 6.43. The lowest BCUT2D eigenvalue weighted by atomic mass is 10.0. The van der Waals surface area contributed by atoms with Crippen molar-refractivity contribution in [2.24, 2.45) is 0 Å². The van der Waals surface area contributed by atoms with Crippen molar-refractivity contribution in [1.82, 2.24) is 0 Å². The summed E-state index contributed by atoms with van der Waals surface area (Å²) in [6.07, 6.45) is -18.2. The molecule has 0 radical (unpaired) electrons. The van der Waals surface area contributed by atoms with Gasteiger partial charge in [0.1, 0.15) is 36.6 Å². The molecule has 0 aliphatic rings. The largest absolute Gasteiger partial charge is 0.478 e. The van der Waals surface area contributed by atoms with Gasteiger partial charge in [0.25, 0.3) is 0 Å². The second-order valence-electron chi connectivity index (χ2n) is 5.10. The highest BCUT2D eigenvalue weighted by atomic mass is 16.6. The van der Waals surface area contributed by atoms with Crippen molar-refractivity contribution in [2.45, 2.75) is 48.8 Å². The van der Waals surface area contributed by atoms with Gasteiger partial charge in [0.15, 0.2) is 6.10 Å². The monoisotopic (exact) mass is 374 g/mol. The van der Waals surface area contributed by atoms with E-state index in [-0.39, 0.29) is 0 Å². The zero-order chi connectivity index (χ0) is 19.9. The number of aliphatic carboxylic acids is 1. The summed E-state index contributed by atoms with van der Waals surface area (Å²) in [6.45, 7) is -2.08. The van der Waals surface area contributed by atoms with Gasteiger partial charge in [0.05, 0.1) is 13.2 Å². The molecule has 0 amide bonds. The molecule has 25 heavy (non-hydrogen) atoms. The normalized spacial score (nSPS) is 21.3. The average Bonchev–Trinajstić information content (AvgIpc) is 2.60. The van der Waals surface area contributed by atoms with Crippen molar-refractivity contribution in [3.63, 3.8) is 0 Å². The maximum Gasteiger partial charge on any atom is 0.347 e. The summed E-state index contributed by atoms with van der Waals surface area (Å²) in [5, 5.41) is 91.8. The SMILES string of the molecule is O=C(O)[C@@H](OC(=O)[C@H](O)[C@H](O)[C@@H](O)[C@H](O)CO)[C@H](O)[C@H](O)[C@H](O)CO. The fourth-order valence-corrected chi connectivity index (χ4v) is 1.64. The molecule has 0 spiro atoms. The number of carbonyl (C=O) groups excluding carboxylic acids is 1. The second-order valence-corrected chi connectivity index (χ2v) is 5.10. The molecule has 0 unspecified atom stereocenters. The first-order valence-corrected chi connectivity index (χ1v) is 6.91. The number of aliphatic hydroxyl groups excluding tert-OH is 9. The first-order chi connectivity index (χ1) is 11.5. The van der Waals surface area contributed by atoms with Crippen LogP contribution in [0.25, 0.3) is 0 Å². The molecule has 0 saturated heterocycles. The number of carboxylic acids is 1. The summed E-state index contributed by atoms with van der Waals surface area (Å²) in [7, 11) is 0. The van der Waals surface area contributed by atoms with E-state index < -0.39 is 74.0 Å². The molecule has 0 heterocycles. The van der Waals surface area contributed by atoms with Crippen LogP contribution in [-0.4, -0.2) is 125 Å². The van der Waals surface area contributed by atoms with Crippen LogP contribution < -0.4 is 0 Å². The number of hydrogen-bond acceptors (Lipinski definition) is 12. The van der Waals surface area contributed by atoms with Crippen molar-refractivity contribution in [2.75, 3.05) is 13.2 Å². The van der Waals surface area contributed by atoms with Crippen LogP contribution in [0.15, 0.2) is 0 Å². The van der Waals surface area contributed by atoms with E-state index in [0.717, 1.165) is 0 Å². The van der Waals surface area contributed by atoms with E-state index >= 15 is 0 Å². The molecule has 0 aliphatic heterocycles. The Labute approximate surface area is 140 Å². The van der Waals surface area contributed by atoms with E-state index in [1.54, 1.807) is 0 Å². The fourth-order valence-electron chi connectivity index (χ4n) is 1.64. The van der Waals surface area contributed by atoms with Crippen LogP contribution in [0.1, 0.15) is 0 Å². The third-order valence-corrected chi connectivity index (χ3v) is 3.22. The van der Waals surface area contributed by atoms with Crippen LogP contribution in [0.4, 0.5) is 0 Å². The highest BCUT2D eigenvalue weighted by Crippen LogP contribution is 2.13. The van der Waals surface area contributed by atoms with E-state index in [1.165, 1.54) is 0 Å². The second kappa shape index (κ2) is 10.5. The molecular weight excluding hydrogens is 352 g/mol. The Bertz CT molecular complexity index is 429. The molecule has 0 aromatic carbocycles. The number of esters is 1. The van der Waals surface area contributed by atoms with Crippen molar-refractivity contribution >= 4 is 11.9 Å². The van der Waals surface area contributed by atoms with Gasteiger partial charge in [-0.05, 0) is 0 Å². The molecule has 0 saturated carbocycles. The third-order valence-electron chi connectivity index (χ3n) is 3.22. The molecule has 0 fully saturated rings. The van der Waals surface area contributed by atoms with Gasteiger partial charge in [0, 0.05) is 0 Å². The molecule has 13 heteroatoms. The van der Waals surface area contributed by atoms with Crippen LogP contribution in [0.3, 0.4) is 0 Å². The zero-order valence-electron chi connectivity index (χ0n) is 12.7. The number of carbonyl (C=O) groups is 2. The number of rotatable bonds is 11. The maximum absolute atomic E-state index is 11.6. The van der Waals surface area contributed by atoms with Gasteiger partial charge in [-0.25, -0.2) is 9.59 Å². The summed E-state index contributed by atoms with van der Waals surface area (Å²) >= 11 is 0. The van der Waals surface area contributed by atoms with Gasteiger partial charge in [-0.3, -0.25) is 0 Å². The molecular formula is C12H22O13. The van der Waals surface area contributed by atoms with Crippen molar-refractivity contribution in [3.05, 3.63) is 0 Å². The summed E-state index contributed by atoms with van der Waals surface area (Å²) in [5.41, 5.74) is 0. The molecule has 0 aliphatic carbocycles. The topological polar surface area (TPSA) is 246 Å². The molecule has 10 N–H and O–H groups in total. The predicted octanol–water partition coefficient (Wildman–Crippen LogP) is -6.51. The van der Waals surface area contributed by atoms with E-state index in [4.69, 9.17) is 25.5 Å². The first-order valence-electron chi connectivity index (χ1n) is 6.91. The summed E-state index contributed by atoms with van der Waals surface area (Å²) in [5.74, 6) is -3.85. The molecule has 148 valence electrons. The lowest BCUT2D eigenvalue weighted by Gasteiger charge is -2.28. The van der Waals surface area contributed by atoms with Gasteiger partial charge < -0.3 is 55.8 Å². The Morgan fingerprint density at radius 3 is 1.48 bits per heavy atom. The molecule has 0 rings (SSSR count). The molecule has 8 atom stereocenters. The first kappa shape index (κ1) is 23.6. The molecule has 13 nitrogen and oxygen atoms in total. The summed E-state index contributed by atoms with van der Waals surface area (Å²) in [6, 6.07) is 0. The van der Waals surface area contributed by atoms with Crippen LogP contribution in [0.5, 0.6) is 0 Å². The summed E-state index contributed by atoms with van der Waals surface area (Å²) < 4.78 is 4.23. The van der Waals surface area contributed by atoms with E-state index in [2.05, 4.69) is 4.74 Å². The Hall–Kier alpha value is -1.42. The number of carboxylic acid groups (broad SMARTS) is 1. The van der Waals surface area contributed by atoms with Crippen LogP contribution in [0.2, 0.25) is 0 Å². The molecule has 0 bridgehead atoms. The minimum atomic E-state index is -2.58. The lowest BCUT2D eigenvalue weighted by Crippen LogP contribution is -2.53. The van der Waals surface area contributed by atoms with Crippen LogP contribution >= 0.6 is 0 Å². The Morgan fingerprint density at radius 1 is 0.720 bits per heavy atom. The maximum atomic E-state index is 11.6. The van der Waals surface area contributed by atoms with E-state index in [0.29, 0.717) is 0 Å². The number of ether oxygens (including phenoxy) is 1. The van der Waals surface area contributed by atoms with Gasteiger partial charge in [-0.15, -0.1) is 0 Å².